The molecule has 0 spiro atoms. The van der Waals surface area contributed by atoms with Gasteiger partial charge < -0.3 is 15.2 Å². The second-order valence-corrected chi connectivity index (χ2v) is 5.38. The fourth-order valence-electron chi connectivity index (χ4n) is 2.18. The molecule has 0 bridgehead atoms. The number of fused-ring (bicyclic) bond motifs is 1. The van der Waals surface area contributed by atoms with E-state index in [1.165, 1.54) is 5.56 Å². The normalized spacial score (nSPS) is 11.4. The fraction of sp³-hybridized carbons (Fsp3) is 0.438. The number of H-pyrrole nitrogens is 1. The predicted molar refractivity (Wildman–Crippen MR) is 84.2 cm³/mol. The molecule has 4 heteroatoms. The third-order valence-electron chi connectivity index (χ3n) is 3.45. The molecule has 2 aromatic rings. The molecule has 0 aliphatic rings. The van der Waals surface area contributed by atoms with Crippen molar-refractivity contribution in [3.05, 3.63) is 45.7 Å². The van der Waals surface area contributed by atoms with E-state index in [0.29, 0.717) is 6.54 Å². The Morgan fingerprint density at radius 2 is 2.05 bits per heavy atom. The van der Waals surface area contributed by atoms with E-state index in [9.17, 15) is 4.79 Å². The average molecular weight is 273 g/mol. The van der Waals surface area contributed by atoms with Gasteiger partial charge in [-0.25, -0.2) is 0 Å². The van der Waals surface area contributed by atoms with Gasteiger partial charge in [-0.1, -0.05) is 13.0 Å². The Balaban J connectivity index is 2.16. The molecule has 0 unspecified atom stereocenters. The number of benzene rings is 1. The highest BCUT2D eigenvalue weighted by atomic mass is 16.1. The Hall–Kier alpha value is -1.65. The minimum Gasteiger partial charge on any atom is -0.322 e. The van der Waals surface area contributed by atoms with Crippen molar-refractivity contribution in [3.8, 4) is 0 Å². The molecule has 108 valence electrons. The van der Waals surface area contributed by atoms with Crippen molar-refractivity contribution in [2.45, 2.75) is 19.9 Å². The van der Waals surface area contributed by atoms with Gasteiger partial charge in [0.15, 0.2) is 0 Å². The minimum absolute atomic E-state index is 0.000832. The van der Waals surface area contributed by atoms with Crippen molar-refractivity contribution in [2.24, 2.45) is 0 Å². The first-order chi connectivity index (χ1) is 9.60. The summed E-state index contributed by atoms with van der Waals surface area (Å²) in [5.74, 6) is 0. The number of likely N-dealkylation sites (N-methyl/N-ethyl adjacent to an activating group) is 1. The lowest BCUT2D eigenvalue weighted by molar-refractivity contribution is 0.400. The number of aromatic amines is 1. The molecule has 0 aliphatic heterocycles. The van der Waals surface area contributed by atoms with Crippen molar-refractivity contribution >= 4 is 10.9 Å². The summed E-state index contributed by atoms with van der Waals surface area (Å²) in [4.78, 5) is 17.1. The van der Waals surface area contributed by atoms with Gasteiger partial charge in [0.25, 0.3) is 5.56 Å². The smallest absolute Gasteiger partial charge is 0.252 e. The van der Waals surface area contributed by atoms with E-state index in [2.05, 4.69) is 34.3 Å². The molecule has 4 nitrogen and oxygen atoms in total. The summed E-state index contributed by atoms with van der Waals surface area (Å²) < 4.78 is 0. The van der Waals surface area contributed by atoms with Crippen molar-refractivity contribution in [1.29, 1.82) is 0 Å². The van der Waals surface area contributed by atoms with Crippen LogP contribution in [0.15, 0.2) is 29.1 Å². The van der Waals surface area contributed by atoms with E-state index in [1.807, 2.05) is 26.2 Å². The van der Waals surface area contributed by atoms with Crippen molar-refractivity contribution in [2.75, 3.05) is 27.2 Å². The Labute approximate surface area is 119 Å². The zero-order chi connectivity index (χ0) is 14.5. The van der Waals surface area contributed by atoms with Crippen LogP contribution in [0.25, 0.3) is 10.9 Å². The SMILES string of the molecule is CCc1ccc2[nH]c(=O)c(CNCCN(C)C)cc2c1. The van der Waals surface area contributed by atoms with Gasteiger partial charge in [0, 0.05) is 30.7 Å². The van der Waals surface area contributed by atoms with Crippen LogP contribution in [0.4, 0.5) is 0 Å². The summed E-state index contributed by atoms with van der Waals surface area (Å²) in [7, 11) is 4.08. The Morgan fingerprint density at radius 1 is 1.25 bits per heavy atom. The number of pyridine rings is 1. The summed E-state index contributed by atoms with van der Waals surface area (Å²) in [6.07, 6.45) is 1.01. The van der Waals surface area contributed by atoms with Crippen LogP contribution in [0.2, 0.25) is 0 Å². The van der Waals surface area contributed by atoms with Crippen LogP contribution in [0.5, 0.6) is 0 Å². The monoisotopic (exact) mass is 273 g/mol. The summed E-state index contributed by atoms with van der Waals surface area (Å²) in [6, 6.07) is 8.19. The third kappa shape index (κ3) is 3.68. The first-order valence-corrected chi connectivity index (χ1v) is 7.10. The van der Waals surface area contributed by atoms with Crippen LogP contribution in [0.1, 0.15) is 18.1 Å². The molecule has 0 amide bonds. The van der Waals surface area contributed by atoms with Crippen LogP contribution >= 0.6 is 0 Å². The fourth-order valence-corrected chi connectivity index (χ4v) is 2.18. The standard InChI is InChI=1S/C16H23N3O/c1-4-12-5-6-15-13(9-12)10-14(16(20)18-15)11-17-7-8-19(2)3/h5-6,9-10,17H,4,7-8,11H2,1-3H3,(H,18,20). The Kier molecular flexibility index (Phi) is 4.93. The van der Waals surface area contributed by atoms with Gasteiger partial charge in [0.1, 0.15) is 0 Å². The van der Waals surface area contributed by atoms with E-state index < -0.39 is 0 Å². The summed E-state index contributed by atoms with van der Waals surface area (Å²) >= 11 is 0. The van der Waals surface area contributed by atoms with Crippen LogP contribution in [-0.4, -0.2) is 37.1 Å². The first-order valence-electron chi connectivity index (χ1n) is 7.10. The number of aryl methyl sites for hydroxylation is 1. The molecule has 0 radical (unpaired) electrons. The zero-order valence-corrected chi connectivity index (χ0v) is 12.5. The molecular formula is C16H23N3O. The van der Waals surface area contributed by atoms with Gasteiger partial charge in [-0.2, -0.15) is 0 Å². The summed E-state index contributed by atoms with van der Waals surface area (Å²) in [5.41, 5.74) is 2.99. The van der Waals surface area contributed by atoms with Crippen molar-refractivity contribution in [3.63, 3.8) is 0 Å². The second-order valence-electron chi connectivity index (χ2n) is 5.38. The molecular weight excluding hydrogens is 250 g/mol. The highest BCUT2D eigenvalue weighted by Crippen LogP contribution is 2.14. The minimum atomic E-state index is -0.000832. The molecule has 20 heavy (non-hydrogen) atoms. The average Bonchev–Trinajstić information content (AvgIpc) is 2.43. The third-order valence-corrected chi connectivity index (χ3v) is 3.45. The highest BCUT2D eigenvalue weighted by molar-refractivity contribution is 5.79. The number of nitrogens with one attached hydrogen (secondary N) is 2. The maximum atomic E-state index is 12.0. The number of hydrogen-bond acceptors (Lipinski definition) is 3. The van der Waals surface area contributed by atoms with Crippen molar-refractivity contribution < 1.29 is 0 Å². The summed E-state index contributed by atoms with van der Waals surface area (Å²) in [6.45, 7) is 4.58. The molecule has 1 aromatic heterocycles. The van der Waals surface area contributed by atoms with Gasteiger partial charge in [0.2, 0.25) is 0 Å². The topological polar surface area (TPSA) is 48.1 Å². The Bertz CT molecular complexity index is 631. The lowest BCUT2D eigenvalue weighted by Crippen LogP contribution is -2.28. The predicted octanol–water partition coefficient (Wildman–Crippen LogP) is 1.74. The van der Waals surface area contributed by atoms with E-state index in [0.717, 1.165) is 36.0 Å². The molecule has 0 aliphatic carbocycles. The highest BCUT2D eigenvalue weighted by Gasteiger charge is 2.03. The molecule has 0 atom stereocenters. The van der Waals surface area contributed by atoms with Gasteiger partial charge >= 0.3 is 0 Å². The lowest BCUT2D eigenvalue weighted by atomic mass is 10.1. The number of nitrogens with zero attached hydrogens (tertiary/aromatic N) is 1. The van der Waals surface area contributed by atoms with Crippen LogP contribution in [-0.2, 0) is 13.0 Å². The number of rotatable bonds is 6. The van der Waals surface area contributed by atoms with Crippen LogP contribution in [0, 0.1) is 0 Å². The molecule has 0 saturated carbocycles. The molecule has 1 heterocycles. The number of aromatic nitrogens is 1. The molecule has 2 N–H and O–H groups in total. The van der Waals surface area contributed by atoms with E-state index >= 15 is 0 Å². The molecule has 2 rings (SSSR count). The quantitative estimate of drug-likeness (QED) is 0.788. The van der Waals surface area contributed by atoms with E-state index in [4.69, 9.17) is 0 Å². The van der Waals surface area contributed by atoms with Gasteiger partial charge in [-0.15, -0.1) is 0 Å². The second kappa shape index (κ2) is 6.68. The molecule has 1 aromatic carbocycles. The van der Waals surface area contributed by atoms with E-state index in [1.54, 1.807) is 0 Å². The summed E-state index contributed by atoms with van der Waals surface area (Å²) in [5, 5.41) is 4.41. The maximum absolute atomic E-state index is 12.0. The van der Waals surface area contributed by atoms with Crippen molar-refractivity contribution in [1.82, 2.24) is 15.2 Å². The van der Waals surface area contributed by atoms with Gasteiger partial charge in [-0.05, 0) is 49.7 Å². The van der Waals surface area contributed by atoms with Crippen LogP contribution < -0.4 is 10.9 Å². The first kappa shape index (κ1) is 14.8. The largest absolute Gasteiger partial charge is 0.322 e. The Morgan fingerprint density at radius 3 is 2.75 bits per heavy atom. The molecule has 0 saturated heterocycles. The number of hydrogen-bond donors (Lipinski definition) is 2. The van der Waals surface area contributed by atoms with E-state index in [-0.39, 0.29) is 5.56 Å². The maximum Gasteiger partial charge on any atom is 0.252 e. The van der Waals surface area contributed by atoms with Gasteiger partial charge in [0.05, 0.1) is 0 Å². The van der Waals surface area contributed by atoms with Crippen LogP contribution in [0.3, 0.4) is 0 Å². The van der Waals surface area contributed by atoms with Gasteiger partial charge in [-0.3, -0.25) is 4.79 Å². The molecule has 0 fully saturated rings. The lowest BCUT2D eigenvalue weighted by Gasteiger charge is -2.10. The zero-order valence-electron chi connectivity index (χ0n) is 12.5.